The van der Waals surface area contributed by atoms with Crippen molar-refractivity contribution in [3.8, 4) is 0 Å². The second kappa shape index (κ2) is 7.98. The highest BCUT2D eigenvalue weighted by Crippen LogP contribution is 2.23. The van der Waals surface area contributed by atoms with Crippen LogP contribution in [0.4, 0.5) is 0 Å². The summed E-state index contributed by atoms with van der Waals surface area (Å²) in [5.41, 5.74) is 5.13. The average Bonchev–Trinajstić information content (AvgIpc) is 2.16. The summed E-state index contributed by atoms with van der Waals surface area (Å²) in [7, 11) is 0. The minimum absolute atomic E-state index is 0.295. The van der Waals surface area contributed by atoms with Crippen LogP contribution in [0, 0.1) is 5.92 Å². The van der Waals surface area contributed by atoms with E-state index < -0.39 is 5.54 Å². The van der Waals surface area contributed by atoms with Crippen molar-refractivity contribution in [3.63, 3.8) is 0 Å². The van der Waals surface area contributed by atoms with Gasteiger partial charge in [0.1, 0.15) is 5.54 Å². The SMILES string of the molecule is CCOC(=O)C(C)(N)CC(C)SCCC(C)C. The first-order chi connectivity index (χ1) is 7.79. The highest BCUT2D eigenvalue weighted by Gasteiger charge is 2.31. The molecule has 0 aromatic rings. The average molecular weight is 261 g/mol. The Kier molecular flexibility index (Phi) is 7.88. The summed E-state index contributed by atoms with van der Waals surface area (Å²) in [6.07, 6.45) is 1.87. The fourth-order valence-electron chi connectivity index (χ4n) is 1.54. The summed E-state index contributed by atoms with van der Waals surface area (Å²) in [6, 6.07) is 0. The Morgan fingerprint density at radius 3 is 2.47 bits per heavy atom. The number of rotatable bonds is 8. The molecule has 0 aliphatic rings. The molecule has 0 bridgehead atoms. The van der Waals surface area contributed by atoms with E-state index in [0.29, 0.717) is 18.3 Å². The third-order valence-corrected chi connectivity index (χ3v) is 3.76. The number of esters is 1. The van der Waals surface area contributed by atoms with Crippen molar-refractivity contribution in [1.82, 2.24) is 0 Å². The number of hydrogen-bond acceptors (Lipinski definition) is 4. The van der Waals surface area contributed by atoms with Crippen molar-refractivity contribution in [1.29, 1.82) is 0 Å². The number of nitrogens with two attached hydrogens (primary N) is 1. The smallest absolute Gasteiger partial charge is 0.325 e. The second-order valence-electron chi connectivity index (χ2n) is 5.21. The predicted molar refractivity (Wildman–Crippen MR) is 75.2 cm³/mol. The standard InChI is InChI=1S/C13H27NO2S/c1-6-16-12(15)13(5,14)9-11(4)17-8-7-10(2)3/h10-11H,6-9,14H2,1-5H3. The molecule has 0 spiro atoms. The molecule has 0 aromatic heterocycles. The van der Waals surface area contributed by atoms with Gasteiger partial charge in [-0.1, -0.05) is 20.8 Å². The zero-order valence-electron chi connectivity index (χ0n) is 11.8. The molecule has 0 amide bonds. The van der Waals surface area contributed by atoms with E-state index in [-0.39, 0.29) is 5.97 Å². The van der Waals surface area contributed by atoms with Crippen LogP contribution in [0.2, 0.25) is 0 Å². The third kappa shape index (κ3) is 7.66. The molecule has 2 unspecified atom stereocenters. The molecule has 102 valence electrons. The number of carbonyl (C=O) groups excluding carboxylic acids is 1. The van der Waals surface area contributed by atoms with Gasteiger partial charge in [-0.05, 0) is 38.4 Å². The van der Waals surface area contributed by atoms with Gasteiger partial charge in [0.2, 0.25) is 0 Å². The van der Waals surface area contributed by atoms with E-state index in [9.17, 15) is 4.79 Å². The summed E-state index contributed by atoms with van der Waals surface area (Å²) < 4.78 is 4.98. The lowest BCUT2D eigenvalue weighted by Gasteiger charge is -2.25. The number of thioether (sulfide) groups is 1. The molecular weight excluding hydrogens is 234 g/mol. The van der Waals surface area contributed by atoms with Crippen LogP contribution < -0.4 is 5.73 Å². The van der Waals surface area contributed by atoms with Crippen molar-refractivity contribution in [3.05, 3.63) is 0 Å². The number of carbonyl (C=O) groups is 1. The highest BCUT2D eigenvalue weighted by molar-refractivity contribution is 7.99. The molecule has 2 N–H and O–H groups in total. The lowest BCUT2D eigenvalue weighted by Crippen LogP contribution is -2.47. The normalized spacial score (nSPS) is 16.6. The summed E-state index contributed by atoms with van der Waals surface area (Å²) in [6.45, 7) is 10.5. The van der Waals surface area contributed by atoms with E-state index in [1.807, 2.05) is 11.8 Å². The Bertz CT molecular complexity index is 229. The zero-order chi connectivity index (χ0) is 13.5. The molecule has 0 saturated heterocycles. The van der Waals surface area contributed by atoms with Gasteiger partial charge >= 0.3 is 5.97 Å². The molecule has 0 rings (SSSR count). The lowest BCUT2D eigenvalue weighted by atomic mass is 9.98. The summed E-state index contributed by atoms with van der Waals surface area (Å²) in [4.78, 5) is 11.6. The number of ether oxygens (including phenoxy) is 1. The molecule has 0 fully saturated rings. The van der Waals surface area contributed by atoms with Gasteiger partial charge in [-0.25, -0.2) is 0 Å². The van der Waals surface area contributed by atoms with E-state index >= 15 is 0 Å². The van der Waals surface area contributed by atoms with Gasteiger partial charge in [0.15, 0.2) is 0 Å². The van der Waals surface area contributed by atoms with E-state index in [4.69, 9.17) is 10.5 Å². The molecule has 17 heavy (non-hydrogen) atoms. The first-order valence-electron chi connectivity index (χ1n) is 6.37. The van der Waals surface area contributed by atoms with Crippen molar-refractivity contribution in [2.24, 2.45) is 11.7 Å². The van der Waals surface area contributed by atoms with Crippen molar-refractivity contribution < 1.29 is 9.53 Å². The Morgan fingerprint density at radius 1 is 1.41 bits per heavy atom. The topological polar surface area (TPSA) is 52.3 Å². The molecule has 0 radical (unpaired) electrons. The van der Waals surface area contributed by atoms with Crippen LogP contribution in [0.25, 0.3) is 0 Å². The van der Waals surface area contributed by atoms with Gasteiger partial charge in [-0.3, -0.25) is 4.79 Å². The molecule has 0 saturated carbocycles. The second-order valence-corrected chi connectivity index (χ2v) is 6.75. The molecular formula is C13H27NO2S. The molecule has 2 atom stereocenters. The van der Waals surface area contributed by atoms with Crippen molar-refractivity contribution in [2.75, 3.05) is 12.4 Å². The van der Waals surface area contributed by atoms with Gasteiger partial charge < -0.3 is 10.5 Å². The Balaban J connectivity index is 4.00. The van der Waals surface area contributed by atoms with Crippen LogP contribution >= 0.6 is 11.8 Å². The zero-order valence-corrected chi connectivity index (χ0v) is 12.6. The highest BCUT2D eigenvalue weighted by atomic mass is 32.2. The maximum atomic E-state index is 11.6. The largest absolute Gasteiger partial charge is 0.465 e. The Hall–Kier alpha value is -0.220. The van der Waals surface area contributed by atoms with Gasteiger partial charge in [-0.15, -0.1) is 0 Å². The maximum absolute atomic E-state index is 11.6. The lowest BCUT2D eigenvalue weighted by molar-refractivity contribution is -0.149. The van der Waals surface area contributed by atoms with Crippen molar-refractivity contribution in [2.45, 2.75) is 58.2 Å². The van der Waals surface area contributed by atoms with E-state index in [1.165, 1.54) is 6.42 Å². The van der Waals surface area contributed by atoms with Crippen LogP contribution in [-0.2, 0) is 9.53 Å². The predicted octanol–water partition coefficient (Wildman–Crippen LogP) is 2.82. The molecule has 0 aromatic carbocycles. The minimum atomic E-state index is -0.861. The van der Waals surface area contributed by atoms with Gasteiger partial charge in [0.25, 0.3) is 0 Å². The Labute approximate surface area is 110 Å². The van der Waals surface area contributed by atoms with Crippen LogP contribution in [-0.4, -0.2) is 29.1 Å². The fourth-order valence-corrected chi connectivity index (χ4v) is 3.01. The summed E-state index contributed by atoms with van der Waals surface area (Å²) in [5, 5.41) is 0.383. The van der Waals surface area contributed by atoms with E-state index in [2.05, 4.69) is 20.8 Å². The van der Waals surface area contributed by atoms with Crippen molar-refractivity contribution >= 4 is 17.7 Å². The molecule has 3 nitrogen and oxygen atoms in total. The van der Waals surface area contributed by atoms with Crippen LogP contribution in [0.15, 0.2) is 0 Å². The third-order valence-electron chi connectivity index (χ3n) is 2.55. The first kappa shape index (κ1) is 16.8. The van der Waals surface area contributed by atoms with Crippen LogP contribution in [0.3, 0.4) is 0 Å². The quantitative estimate of drug-likeness (QED) is 0.683. The van der Waals surface area contributed by atoms with Gasteiger partial charge in [0, 0.05) is 5.25 Å². The molecule has 0 aliphatic heterocycles. The Morgan fingerprint density at radius 2 is 2.00 bits per heavy atom. The first-order valence-corrected chi connectivity index (χ1v) is 7.42. The number of hydrogen-bond donors (Lipinski definition) is 1. The summed E-state index contributed by atoms with van der Waals surface area (Å²) in [5.74, 6) is 1.55. The monoisotopic (exact) mass is 261 g/mol. The van der Waals surface area contributed by atoms with Gasteiger partial charge in [0.05, 0.1) is 6.61 Å². The van der Waals surface area contributed by atoms with Gasteiger partial charge in [-0.2, -0.15) is 11.8 Å². The van der Waals surface area contributed by atoms with Crippen LogP contribution in [0.5, 0.6) is 0 Å². The maximum Gasteiger partial charge on any atom is 0.325 e. The molecule has 0 aliphatic carbocycles. The molecule has 0 heterocycles. The minimum Gasteiger partial charge on any atom is -0.465 e. The van der Waals surface area contributed by atoms with Crippen LogP contribution in [0.1, 0.15) is 47.5 Å². The van der Waals surface area contributed by atoms with E-state index in [0.717, 1.165) is 11.7 Å². The summed E-state index contributed by atoms with van der Waals surface area (Å²) >= 11 is 1.88. The van der Waals surface area contributed by atoms with E-state index in [1.54, 1.807) is 13.8 Å². The molecule has 4 heteroatoms. The fraction of sp³-hybridized carbons (Fsp3) is 0.923.